The maximum atomic E-state index is 6.19. The lowest BCUT2D eigenvalue weighted by molar-refractivity contribution is 0.317. The summed E-state index contributed by atoms with van der Waals surface area (Å²) in [4.78, 5) is 2.31. The van der Waals surface area contributed by atoms with Crippen molar-refractivity contribution in [3.8, 4) is 0 Å². The summed E-state index contributed by atoms with van der Waals surface area (Å²) < 4.78 is 1.74. The second-order valence-electron chi connectivity index (χ2n) is 4.42. The topological polar surface area (TPSA) is 21.1 Å². The average molecular weight is 244 g/mol. The van der Waals surface area contributed by atoms with E-state index in [0.717, 1.165) is 29.5 Å². The Morgan fingerprint density at radius 3 is 2.56 bits per heavy atom. The standard InChI is InChI=1S/C12H22ClN3/c1-5-6-7-8-15(3)9-11-10(2)14-16(4)12(11)13/h5-9H2,1-4H3. The summed E-state index contributed by atoms with van der Waals surface area (Å²) in [5.41, 5.74) is 2.19. The highest BCUT2D eigenvalue weighted by Crippen LogP contribution is 2.20. The lowest BCUT2D eigenvalue weighted by atomic mass is 10.2. The van der Waals surface area contributed by atoms with Crippen LogP contribution in [0.4, 0.5) is 0 Å². The summed E-state index contributed by atoms with van der Waals surface area (Å²) in [6, 6.07) is 0. The number of hydrogen-bond donors (Lipinski definition) is 0. The smallest absolute Gasteiger partial charge is 0.131 e. The van der Waals surface area contributed by atoms with E-state index in [1.165, 1.54) is 19.3 Å². The van der Waals surface area contributed by atoms with Crippen LogP contribution in [0.2, 0.25) is 5.15 Å². The van der Waals surface area contributed by atoms with Crippen LogP contribution in [0, 0.1) is 6.92 Å². The van der Waals surface area contributed by atoms with Gasteiger partial charge in [0, 0.05) is 19.2 Å². The van der Waals surface area contributed by atoms with E-state index in [9.17, 15) is 0 Å². The molecule has 0 saturated heterocycles. The van der Waals surface area contributed by atoms with E-state index in [2.05, 4.69) is 24.0 Å². The zero-order valence-electron chi connectivity index (χ0n) is 10.8. The molecule has 0 fully saturated rings. The molecule has 4 heteroatoms. The van der Waals surface area contributed by atoms with Gasteiger partial charge in [0.25, 0.3) is 0 Å². The minimum Gasteiger partial charge on any atom is -0.302 e. The van der Waals surface area contributed by atoms with Crippen molar-refractivity contribution in [3.63, 3.8) is 0 Å². The van der Waals surface area contributed by atoms with Crippen LogP contribution in [0.25, 0.3) is 0 Å². The Labute approximate surface area is 103 Å². The van der Waals surface area contributed by atoms with Gasteiger partial charge in [-0.15, -0.1) is 0 Å². The van der Waals surface area contributed by atoms with E-state index in [0.29, 0.717) is 0 Å². The molecule has 1 aromatic heterocycles. The van der Waals surface area contributed by atoms with E-state index in [4.69, 9.17) is 11.6 Å². The van der Waals surface area contributed by atoms with Crippen LogP contribution in [0.3, 0.4) is 0 Å². The lowest BCUT2D eigenvalue weighted by Crippen LogP contribution is -2.19. The summed E-state index contributed by atoms with van der Waals surface area (Å²) in [5, 5.41) is 5.08. The van der Waals surface area contributed by atoms with Gasteiger partial charge in [-0.25, -0.2) is 0 Å². The Morgan fingerprint density at radius 1 is 1.38 bits per heavy atom. The zero-order chi connectivity index (χ0) is 12.1. The Morgan fingerprint density at radius 2 is 2.06 bits per heavy atom. The molecule has 1 rings (SSSR count). The highest BCUT2D eigenvalue weighted by molar-refractivity contribution is 6.30. The van der Waals surface area contributed by atoms with Crippen molar-refractivity contribution in [3.05, 3.63) is 16.4 Å². The molecule has 0 aliphatic rings. The van der Waals surface area contributed by atoms with Crippen LogP contribution in [0.1, 0.15) is 37.4 Å². The van der Waals surface area contributed by atoms with Crippen molar-refractivity contribution in [1.82, 2.24) is 14.7 Å². The van der Waals surface area contributed by atoms with Crippen LogP contribution < -0.4 is 0 Å². The summed E-state index contributed by atoms with van der Waals surface area (Å²) in [5.74, 6) is 0. The largest absolute Gasteiger partial charge is 0.302 e. The van der Waals surface area contributed by atoms with Gasteiger partial charge in [0.15, 0.2) is 0 Å². The van der Waals surface area contributed by atoms with Crippen molar-refractivity contribution < 1.29 is 0 Å². The van der Waals surface area contributed by atoms with Crippen LogP contribution in [-0.4, -0.2) is 28.3 Å². The Kier molecular flexibility index (Phi) is 5.29. The molecule has 16 heavy (non-hydrogen) atoms. The monoisotopic (exact) mass is 243 g/mol. The number of aromatic nitrogens is 2. The molecule has 0 saturated carbocycles. The minimum absolute atomic E-state index is 0.764. The molecular weight excluding hydrogens is 222 g/mol. The molecule has 0 bridgehead atoms. The minimum atomic E-state index is 0.764. The van der Waals surface area contributed by atoms with Crippen molar-refractivity contribution in [2.45, 2.75) is 39.7 Å². The van der Waals surface area contributed by atoms with E-state index in [1.54, 1.807) is 4.68 Å². The maximum Gasteiger partial charge on any atom is 0.131 e. The van der Waals surface area contributed by atoms with Crippen molar-refractivity contribution in [2.24, 2.45) is 7.05 Å². The molecule has 0 N–H and O–H groups in total. The van der Waals surface area contributed by atoms with Gasteiger partial charge >= 0.3 is 0 Å². The third-order valence-electron chi connectivity index (χ3n) is 2.84. The quantitative estimate of drug-likeness (QED) is 0.717. The first-order valence-electron chi connectivity index (χ1n) is 5.92. The number of unbranched alkanes of at least 4 members (excludes halogenated alkanes) is 2. The fraction of sp³-hybridized carbons (Fsp3) is 0.750. The summed E-state index contributed by atoms with van der Waals surface area (Å²) in [6.45, 7) is 6.25. The molecule has 0 unspecified atom stereocenters. The highest BCUT2D eigenvalue weighted by atomic mass is 35.5. The number of halogens is 1. The number of rotatable bonds is 6. The highest BCUT2D eigenvalue weighted by Gasteiger charge is 2.12. The SMILES string of the molecule is CCCCCN(C)Cc1c(C)nn(C)c1Cl. The van der Waals surface area contributed by atoms with Gasteiger partial charge in [-0.2, -0.15) is 5.10 Å². The number of nitrogens with zero attached hydrogens (tertiary/aromatic N) is 3. The van der Waals surface area contributed by atoms with Crippen LogP contribution >= 0.6 is 11.6 Å². The maximum absolute atomic E-state index is 6.19. The molecule has 0 aliphatic heterocycles. The third-order valence-corrected chi connectivity index (χ3v) is 3.31. The first-order valence-corrected chi connectivity index (χ1v) is 6.30. The Bertz CT molecular complexity index is 333. The third kappa shape index (κ3) is 3.49. The van der Waals surface area contributed by atoms with Crippen molar-refractivity contribution in [2.75, 3.05) is 13.6 Å². The fourth-order valence-electron chi connectivity index (χ4n) is 1.83. The average Bonchev–Trinajstić information content (AvgIpc) is 2.46. The number of aryl methyl sites for hydroxylation is 2. The second-order valence-corrected chi connectivity index (χ2v) is 4.78. The Balaban J connectivity index is 2.52. The van der Waals surface area contributed by atoms with Gasteiger partial charge < -0.3 is 4.90 Å². The first kappa shape index (κ1) is 13.5. The number of hydrogen-bond acceptors (Lipinski definition) is 2. The molecule has 1 aromatic rings. The normalized spacial score (nSPS) is 11.4. The van der Waals surface area contributed by atoms with Gasteiger partial charge in [-0.3, -0.25) is 4.68 Å². The fourth-order valence-corrected chi connectivity index (χ4v) is 2.07. The lowest BCUT2D eigenvalue weighted by Gasteiger charge is -2.16. The molecular formula is C12H22ClN3. The van der Waals surface area contributed by atoms with Gasteiger partial charge in [0.1, 0.15) is 5.15 Å². The van der Waals surface area contributed by atoms with Gasteiger partial charge in [-0.1, -0.05) is 31.4 Å². The Hall–Kier alpha value is -0.540. The molecule has 0 aliphatic carbocycles. The molecule has 92 valence electrons. The van der Waals surface area contributed by atoms with Crippen LogP contribution in [0.15, 0.2) is 0 Å². The van der Waals surface area contributed by atoms with Gasteiger partial charge in [0.05, 0.1) is 5.69 Å². The van der Waals surface area contributed by atoms with Gasteiger partial charge in [-0.05, 0) is 26.9 Å². The van der Waals surface area contributed by atoms with E-state index >= 15 is 0 Å². The van der Waals surface area contributed by atoms with E-state index in [-0.39, 0.29) is 0 Å². The first-order chi connectivity index (χ1) is 7.56. The van der Waals surface area contributed by atoms with Crippen molar-refractivity contribution >= 4 is 11.6 Å². The van der Waals surface area contributed by atoms with Gasteiger partial charge in [0.2, 0.25) is 0 Å². The van der Waals surface area contributed by atoms with Crippen LogP contribution in [-0.2, 0) is 13.6 Å². The second kappa shape index (κ2) is 6.26. The molecule has 3 nitrogen and oxygen atoms in total. The summed E-state index contributed by atoms with van der Waals surface area (Å²) in [7, 11) is 4.02. The molecule has 0 aromatic carbocycles. The van der Waals surface area contributed by atoms with Crippen molar-refractivity contribution in [1.29, 1.82) is 0 Å². The predicted octanol–water partition coefficient (Wildman–Crippen LogP) is 3.00. The van der Waals surface area contributed by atoms with Crippen LogP contribution in [0.5, 0.6) is 0 Å². The zero-order valence-corrected chi connectivity index (χ0v) is 11.5. The molecule has 0 radical (unpaired) electrons. The molecule has 0 amide bonds. The predicted molar refractivity (Wildman–Crippen MR) is 68.8 cm³/mol. The summed E-state index contributed by atoms with van der Waals surface area (Å²) >= 11 is 6.19. The molecule has 0 spiro atoms. The molecule has 1 heterocycles. The van der Waals surface area contributed by atoms with E-state index < -0.39 is 0 Å². The van der Waals surface area contributed by atoms with E-state index in [1.807, 2.05) is 14.0 Å². The molecule has 0 atom stereocenters. The summed E-state index contributed by atoms with van der Waals surface area (Å²) in [6.07, 6.45) is 3.81.